The molecule has 0 saturated heterocycles. The van der Waals surface area contributed by atoms with Crippen LogP contribution >= 0.6 is 11.6 Å². The molecule has 0 bridgehead atoms. The zero-order valence-corrected chi connectivity index (χ0v) is 12.2. The van der Waals surface area contributed by atoms with E-state index >= 15 is 0 Å². The topological polar surface area (TPSA) is 34.1 Å². The van der Waals surface area contributed by atoms with E-state index < -0.39 is 0 Å². The van der Waals surface area contributed by atoms with Gasteiger partial charge in [0.1, 0.15) is 5.75 Å². The van der Waals surface area contributed by atoms with Crippen LogP contribution in [-0.2, 0) is 12.8 Å². The van der Waals surface area contributed by atoms with E-state index in [1.807, 2.05) is 43.6 Å². The zero-order valence-electron chi connectivity index (χ0n) is 11.4. The normalized spacial score (nSPS) is 14.7. The Morgan fingerprint density at radius 2 is 2.30 bits per heavy atom. The van der Waals surface area contributed by atoms with Gasteiger partial charge in [0.25, 0.3) is 0 Å². The van der Waals surface area contributed by atoms with Gasteiger partial charge in [-0.1, -0.05) is 17.7 Å². The predicted octanol–water partition coefficient (Wildman–Crippen LogP) is 3.17. The van der Waals surface area contributed by atoms with Gasteiger partial charge < -0.3 is 10.1 Å². The summed E-state index contributed by atoms with van der Waals surface area (Å²) in [5.74, 6) is 1.01. The summed E-state index contributed by atoms with van der Waals surface area (Å²) in [6, 6.07) is 10.1. The van der Waals surface area contributed by atoms with Crippen LogP contribution in [0.5, 0.6) is 5.75 Å². The zero-order chi connectivity index (χ0) is 13.9. The standard InChI is InChI=1S/C16H17ClN2O/c1-18-15(14-4-2-3-6-19-14)10-12-9-13(17)8-11-5-7-20-16(11)12/h2-4,6,8-9,15,18H,5,7,10H2,1H3. The first-order valence-corrected chi connectivity index (χ1v) is 7.18. The number of pyridine rings is 1. The van der Waals surface area contributed by atoms with Gasteiger partial charge in [-0.15, -0.1) is 0 Å². The number of likely N-dealkylation sites (N-methyl/N-ethyl adjacent to an activating group) is 1. The van der Waals surface area contributed by atoms with Crippen molar-refractivity contribution in [2.45, 2.75) is 18.9 Å². The molecule has 0 saturated carbocycles. The lowest BCUT2D eigenvalue weighted by molar-refractivity contribution is 0.352. The quantitative estimate of drug-likeness (QED) is 0.938. The number of ether oxygens (including phenoxy) is 1. The highest BCUT2D eigenvalue weighted by Gasteiger charge is 2.20. The van der Waals surface area contributed by atoms with Gasteiger partial charge in [-0.25, -0.2) is 0 Å². The Balaban J connectivity index is 1.91. The first-order valence-electron chi connectivity index (χ1n) is 6.80. The van der Waals surface area contributed by atoms with E-state index in [-0.39, 0.29) is 6.04 Å². The summed E-state index contributed by atoms with van der Waals surface area (Å²) < 4.78 is 5.76. The van der Waals surface area contributed by atoms with Crippen LogP contribution in [0.3, 0.4) is 0 Å². The largest absolute Gasteiger partial charge is 0.493 e. The van der Waals surface area contributed by atoms with Crippen LogP contribution in [0, 0.1) is 0 Å². The number of hydrogen-bond acceptors (Lipinski definition) is 3. The lowest BCUT2D eigenvalue weighted by Crippen LogP contribution is -2.20. The summed E-state index contributed by atoms with van der Waals surface area (Å²) in [6.07, 6.45) is 3.58. The van der Waals surface area contributed by atoms with Gasteiger partial charge in [0.15, 0.2) is 0 Å². The monoisotopic (exact) mass is 288 g/mol. The van der Waals surface area contributed by atoms with Gasteiger partial charge in [0.05, 0.1) is 18.3 Å². The van der Waals surface area contributed by atoms with E-state index in [2.05, 4.69) is 10.3 Å². The number of aromatic nitrogens is 1. The Kier molecular flexibility index (Phi) is 3.90. The third-order valence-electron chi connectivity index (χ3n) is 3.64. The number of nitrogens with one attached hydrogen (secondary N) is 1. The van der Waals surface area contributed by atoms with Crippen LogP contribution in [0.25, 0.3) is 0 Å². The van der Waals surface area contributed by atoms with E-state index in [0.717, 1.165) is 41.5 Å². The highest BCUT2D eigenvalue weighted by atomic mass is 35.5. The summed E-state index contributed by atoms with van der Waals surface area (Å²) in [7, 11) is 1.95. The fraction of sp³-hybridized carbons (Fsp3) is 0.312. The molecular weight excluding hydrogens is 272 g/mol. The molecular formula is C16H17ClN2O. The summed E-state index contributed by atoms with van der Waals surface area (Å²) in [6.45, 7) is 0.747. The molecule has 1 aromatic carbocycles. The second-order valence-electron chi connectivity index (χ2n) is 4.95. The Morgan fingerprint density at radius 3 is 3.05 bits per heavy atom. The minimum Gasteiger partial charge on any atom is -0.493 e. The average Bonchev–Trinajstić information content (AvgIpc) is 2.93. The second-order valence-corrected chi connectivity index (χ2v) is 5.39. The predicted molar refractivity (Wildman–Crippen MR) is 80.4 cm³/mol. The van der Waals surface area contributed by atoms with Crippen molar-refractivity contribution in [1.29, 1.82) is 0 Å². The summed E-state index contributed by atoms with van der Waals surface area (Å²) in [5, 5.41) is 4.09. The van der Waals surface area contributed by atoms with Gasteiger partial charge in [-0.2, -0.15) is 0 Å². The fourth-order valence-corrected chi connectivity index (χ4v) is 2.92. The van der Waals surface area contributed by atoms with Crippen molar-refractivity contribution in [2.24, 2.45) is 0 Å². The SMILES string of the molecule is CNC(Cc1cc(Cl)cc2c1OCC2)c1ccccn1. The Morgan fingerprint density at radius 1 is 1.40 bits per heavy atom. The minimum atomic E-state index is 0.156. The molecule has 1 aromatic heterocycles. The van der Waals surface area contributed by atoms with E-state index in [9.17, 15) is 0 Å². The third kappa shape index (κ3) is 2.65. The summed E-state index contributed by atoms with van der Waals surface area (Å²) in [4.78, 5) is 4.43. The van der Waals surface area contributed by atoms with Crippen LogP contribution in [0.1, 0.15) is 22.9 Å². The molecule has 1 aliphatic rings. The number of benzene rings is 1. The highest BCUT2D eigenvalue weighted by molar-refractivity contribution is 6.30. The van der Waals surface area contributed by atoms with Crippen molar-refractivity contribution < 1.29 is 4.74 Å². The molecule has 0 radical (unpaired) electrons. The molecule has 1 unspecified atom stereocenters. The number of rotatable bonds is 4. The molecule has 1 N–H and O–H groups in total. The highest BCUT2D eigenvalue weighted by Crippen LogP contribution is 2.35. The van der Waals surface area contributed by atoms with Gasteiger partial charge in [-0.05, 0) is 48.9 Å². The molecule has 20 heavy (non-hydrogen) atoms. The van der Waals surface area contributed by atoms with Crippen molar-refractivity contribution in [1.82, 2.24) is 10.3 Å². The molecule has 104 valence electrons. The lowest BCUT2D eigenvalue weighted by Gasteiger charge is -2.17. The lowest BCUT2D eigenvalue weighted by atomic mass is 9.99. The fourth-order valence-electron chi connectivity index (χ4n) is 2.65. The first kappa shape index (κ1) is 13.4. The van der Waals surface area contributed by atoms with Gasteiger partial charge in [0, 0.05) is 17.6 Å². The molecule has 0 fully saturated rings. The molecule has 0 aliphatic carbocycles. The van der Waals surface area contributed by atoms with Crippen LogP contribution in [-0.4, -0.2) is 18.6 Å². The molecule has 2 heterocycles. The second kappa shape index (κ2) is 5.81. The molecule has 3 rings (SSSR count). The van der Waals surface area contributed by atoms with Gasteiger partial charge in [0.2, 0.25) is 0 Å². The number of fused-ring (bicyclic) bond motifs is 1. The van der Waals surface area contributed by atoms with Crippen LogP contribution in [0.15, 0.2) is 36.5 Å². The maximum absolute atomic E-state index is 6.21. The molecule has 0 amide bonds. The average molecular weight is 289 g/mol. The first-order chi connectivity index (χ1) is 9.78. The van der Waals surface area contributed by atoms with Crippen molar-refractivity contribution in [2.75, 3.05) is 13.7 Å². The molecule has 0 spiro atoms. The summed E-state index contributed by atoms with van der Waals surface area (Å²) in [5.41, 5.74) is 3.39. The number of nitrogens with zero attached hydrogens (tertiary/aromatic N) is 1. The van der Waals surface area contributed by atoms with Gasteiger partial charge in [-0.3, -0.25) is 4.98 Å². The van der Waals surface area contributed by atoms with Crippen molar-refractivity contribution in [3.63, 3.8) is 0 Å². The minimum absolute atomic E-state index is 0.156. The number of hydrogen-bond donors (Lipinski definition) is 1. The van der Waals surface area contributed by atoms with Crippen molar-refractivity contribution in [3.8, 4) is 5.75 Å². The maximum atomic E-state index is 6.21. The van der Waals surface area contributed by atoms with E-state index in [1.54, 1.807) is 0 Å². The Hall–Kier alpha value is -1.58. The van der Waals surface area contributed by atoms with Crippen LogP contribution in [0.2, 0.25) is 5.02 Å². The van der Waals surface area contributed by atoms with Crippen LogP contribution < -0.4 is 10.1 Å². The van der Waals surface area contributed by atoms with Crippen molar-refractivity contribution >= 4 is 11.6 Å². The van der Waals surface area contributed by atoms with E-state index in [0.29, 0.717) is 0 Å². The molecule has 1 aliphatic heterocycles. The Labute approximate surface area is 123 Å². The van der Waals surface area contributed by atoms with E-state index in [1.165, 1.54) is 5.56 Å². The molecule has 2 aromatic rings. The Bertz CT molecular complexity index is 601. The van der Waals surface area contributed by atoms with Crippen molar-refractivity contribution in [3.05, 3.63) is 58.4 Å². The molecule has 3 nitrogen and oxygen atoms in total. The van der Waals surface area contributed by atoms with Crippen LogP contribution in [0.4, 0.5) is 0 Å². The smallest absolute Gasteiger partial charge is 0.125 e. The summed E-state index contributed by atoms with van der Waals surface area (Å²) >= 11 is 6.21. The molecule has 4 heteroatoms. The molecule has 1 atom stereocenters. The van der Waals surface area contributed by atoms with Gasteiger partial charge >= 0.3 is 0 Å². The maximum Gasteiger partial charge on any atom is 0.125 e. The van der Waals surface area contributed by atoms with E-state index in [4.69, 9.17) is 16.3 Å². The third-order valence-corrected chi connectivity index (χ3v) is 3.86. The number of halogens is 1.